The molecule has 2 rings (SSSR count). The number of nitrogens with zero attached hydrogens (tertiary/aromatic N) is 1. The number of hydrogen-bond donors (Lipinski definition) is 1. The van der Waals surface area contributed by atoms with E-state index in [4.69, 9.17) is 0 Å². The predicted octanol–water partition coefficient (Wildman–Crippen LogP) is 3.12. The number of hydrogen-bond acceptors (Lipinski definition) is 3. The van der Waals surface area contributed by atoms with Gasteiger partial charge in [0.2, 0.25) is 0 Å². The zero-order chi connectivity index (χ0) is 9.26. The van der Waals surface area contributed by atoms with Gasteiger partial charge in [-0.05, 0) is 31.4 Å². The molecule has 0 aliphatic rings. The minimum atomic E-state index is 0.429. The Morgan fingerprint density at radius 2 is 2.23 bits per heavy atom. The maximum atomic E-state index is 4.31. The van der Waals surface area contributed by atoms with Gasteiger partial charge in [0.1, 0.15) is 5.82 Å². The molecule has 0 radical (unpaired) electrons. The van der Waals surface area contributed by atoms with Gasteiger partial charge in [-0.25, -0.2) is 4.98 Å². The molecule has 2 aromatic rings. The van der Waals surface area contributed by atoms with Crippen LogP contribution in [0, 0.1) is 0 Å². The van der Waals surface area contributed by atoms with Gasteiger partial charge in [-0.2, -0.15) is 0 Å². The molecule has 0 amide bonds. The van der Waals surface area contributed by atoms with E-state index in [2.05, 4.69) is 35.6 Å². The summed E-state index contributed by atoms with van der Waals surface area (Å²) >= 11 is 1.75. The zero-order valence-corrected chi connectivity index (χ0v) is 8.56. The molecule has 2 aromatic heterocycles. The highest BCUT2D eigenvalue weighted by Gasteiger charge is 2.03. The van der Waals surface area contributed by atoms with Crippen LogP contribution in [0.15, 0.2) is 23.7 Å². The van der Waals surface area contributed by atoms with E-state index in [1.807, 2.05) is 12.3 Å². The van der Waals surface area contributed by atoms with E-state index in [0.717, 1.165) is 5.82 Å². The lowest BCUT2D eigenvalue weighted by molar-refractivity contribution is 0.892. The van der Waals surface area contributed by atoms with Gasteiger partial charge in [0.25, 0.3) is 0 Å². The topological polar surface area (TPSA) is 24.9 Å². The van der Waals surface area contributed by atoms with Crippen molar-refractivity contribution in [3.63, 3.8) is 0 Å². The van der Waals surface area contributed by atoms with E-state index in [-0.39, 0.29) is 0 Å². The van der Waals surface area contributed by atoms with Gasteiger partial charge in [0, 0.05) is 22.3 Å². The van der Waals surface area contributed by atoms with Gasteiger partial charge < -0.3 is 5.32 Å². The molecule has 0 bridgehead atoms. The van der Waals surface area contributed by atoms with Crippen molar-refractivity contribution >= 4 is 27.2 Å². The SMILES string of the molecule is CC(C)Nc1nccc2sccc12. The summed E-state index contributed by atoms with van der Waals surface area (Å²) < 4.78 is 1.29. The molecule has 13 heavy (non-hydrogen) atoms. The van der Waals surface area contributed by atoms with Crippen molar-refractivity contribution in [3.05, 3.63) is 23.7 Å². The second-order valence-electron chi connectivity index (χ2n) is 3.29. The molecule has 68 valence electrons. The van der Waals surface area contributed by atoms with E-state index < -0.39 is 0 Å². The molecule has 0 spiro atoms. The molecule has 0 saturated carbocycles. The monoisotopic (exact) mass is 192 g/mol. The molecule has 0 aliphatic carbocycles. The van der Waals surface area contributed by atoms with Crippen LogP contribution in [0.3, 0.4) is 0 Å². The second kappa shape index (κ2) is 3.34. The molecular weight excluding hydrogens is 180 g/mol. The molecular formula is C10H12N2S. The van der Waals surface area contributed by atoms with Crippen molar-refractivity contribution < 1.29 is 0 Å². The van der Waals surface area contributed by atoms with Crippen LogP contribution < -0.4 is 5.32 Å². The minimum Gasteiger partial charge on any atom is -0.367 e. The van der Waals surface area contributed by atoms with Gasteiger partial charge in [-0.15, -0.1) is 11.3 Å². The van der Waals surface area contributed by atoms with Crippen molar-refractivity contribution in [1.29, 1.82) is 0 Å². The Kier molecular flexibility index (Phi) is 2.19. The third-order valence-corrected chi connectivity index (χ3v) is 2.69. The van der Waals surface area contributed by atoms with E-state index in [1.54, 1.807) is 11.3 Å². The van der Waals surface area contributed by atoms with E-state index in [0.29, 0.717) is 6.04 Å². The van der Waals surface area contributed by atoms with E-state index >= 15 is 0 Å². The summed E-state index contributed by atoms with van der Waals surface area (Å²) in [6, 6.07) is 4.58. The van der Waals surface area contributed by atoms with Crippen LogP contribution in [0.25, 0.3) is 10.1 Å². The first-order chi connectivity index (χ1) is 6.27. The van der Waals surface area contributed by atoms with Gasteiger partial charge in [0.05, 0.1) is 0 Å². The second-order valence-corrected chi connectivity index (χ2v) is 4.24. The number of thiophene rings is 1. The lowest BCUT2D eigenvalue weighted by Gasteiger charge is -2.09. The molecule has 2 heterocycles. The van der Waals surface area contributed by atoms with Gasteiger partial charge in [-0.1, -0.05) is 0 Å². The summed E-state index contributed by atoms with van der Waals surface area (Å²) in [5.41, 5.74) is 0. The Morgan fingerprint density at radius 3 is 3.00 bits per heavy atom. The van der Waals surface area contributed by atoms with Gasteiger partial charge in [-0.3, -0.25) is 0 Å². The lowest BCUT2D eigenvalue weighted by Crippen LogP contribution is -2.10. The normalized spacial score (nSPS) is 11.0. The third-order valence-electron chi connectivity index (χ3n) is 1.81. The van der Waals surface area contributed by atoms with Gasteiger partial charge >= 0.3 is 0 Å². The summed E-state index contributed by atoms with van der Waals surface area (Å²) in [6.07, 6.45) is 1.85. The highest BCUT2D eigenvalue weighted by Crippen LogP contribution is 2.25. The Morgan fingerprint density at radius 1 is 1.38 bits per heavy atom. The first kappa shape index (κ1) is 8.51. The summed E-state index contributed by atoms with van der Waals surface area (Å²) in [7, 11) is 0. The van der Waals surface area contributed by atoms with Crippen LogP contribution in [0.4, 0.5) is 5.82 Å². The Labute approximate surface area is 81.6 Å². The molecule has 0 aliphatic heterocycles. The van der Waals surface area contributed by atoms with Crippen molar-refractivity contribution in [1.82, 2.24) is 4.98 Å². The largest absolute Gasteiger partial charge is 0.367 e. The zero-order valence-electron chi connectivity index (χ0n) is 7.74. The number of anilines is 1. The number of fused-ring (bicyclic) bond motifs is 1. The van der Waals surface area contributed by atoms with Crippen molar-refractivity contribution in [3.8, 4) is 0 Å². The summed E-state index contributed by atoms with van der Waals surface area (Å²) in [6.45, 7) is 4.24. The summed E-state index contributed by atoms with van der Waals surface area (Å²) in [5.74, 6) is 0.994. The third kappa shape index (κ3) is 1.65. The maximum absolute atomic E-state index is 4.31. The quantitative estimate of drug-likeness (QED) is 0.790. The Hall–Kier alpha value is -1.09. The fourth-order valence-electron chi connectivity index (χ4n) is 1.28. The molecule has 0 atom stereocenters. The number of nitrogens with one attached hydrogen (secondary N) is 1. The smallest absolute Gasteiger partial charge is 0.134 e. The van der Waals surface area contributed by atoms with Crippen LogP contribution in [-0.2, 0) is 0 Å². The van der Waals surface area contributed by atoms with Gasteiger partial charge in [0.15, 0.2) is 0 Å². The first-order valence-electron chi connectivity index (χ1n) is 4.36. The summed E-state index contributed by atoms with van der Waals surface area (Å²) in [4.78, 5) is 4.31. The standard InChI is InChI=1S/C10H12N2S/c1-7(2)12-10-8-4-6-13-9(8)3-5-11-10/h3-7H,1-2H3,(H,11,12). The van der Waals surface area contributed by atoms with Crippen LogP contribution >= 0.6 is 11.3 Å². The maximum Gasteiger partial charge on any atom is 0.134 e. The minimum absolute atomic E-state index is 0.429. The van der Waals surface area contributed by atoms with E-state index in [1.165, 1.54) is 10.1 Å². The molecule has 0 saturated heterocycles. The molecule has 1 N–H and O–H groups in total. The van der Waals surface area contributed by atoms with Crippen LogP contribution in [0.1, 0.15) is 13.8 Å². The molecule has 3 heteroatoms. The number of aromatic nitrogens is 1. The molecule has 0 unspecified atom stereocenters. The van der Waals surface area contributed by atoms with Crippen LogP contribution in [0.5, 0.6) is 0 Å². The predicted molar refractivity (Wildman–Crippen MR) is 58.4 cm³/mol. The number of rotatable bonds is 2. The highest BCUT2D eigenvalue weighted by atomic mass is 32.1. The average molecular weight is 192 g/mol. The van der Waals surface area contributed by atoms with Crippen molar-refractivity contribution in [2.75, 3.05) is 5.32 Å². The van der Waals surface area contributed by atoms with E-state index in [9.17, 15) is 0 Å². The number of pyridine rings is 1. The average Bonchev–Trinajstić information content (AvgIpc) is 2.51. The molecule has 2 nitrogen and oxygen atoms in total. The van der Waals surface area contributed by atoms with Crippen molar-refractivity contribution in [2.45, 2.75) is 19.9 Å². The first-order valence-corrected chi connectivity index (χ1v) is 5.24. The molecule has 0 aromatic carbocycles. The lowest BCUT2D eigenvalue weighted by atomic mass is 10.3. The van der Waals surface area contributed by atoms with Crippen LogP contribution in [-0.4, -0.2) is 11.0 Å². The Balaban J connectivity index is 2.48. The highest BCUT2D eigenvalue weighted by molar-refractivity contribution is 7.17. The fraction of sp³-hybridized carbons (Fsp3) is 0.300. The summed E-state index contributed by atoms with van der Waals surface area (Å²) in [5, 5.41) is 6.65. The Bertz CT molecular complexity index is 406. The molecule has 0 fully saturated rings. The van der Waals surface area contributed by atoms with Crippen molar-refractivity contribution in [2.24, 2.45) is 0 Å². The fourth-order valence-corrected chi connectivity index (χ4v) is 2.07. The van der Waals surface area contributed by atoms with Crippen LogP contribution in [0.2, 0.25) is 0 Å².